The zero-order valence-electron chi connectivity index (χ0n) is 14.2. The van der Waals surface area contributed by atoms with Crippen molar-refractivity contribution in [3.8, 4) is 0 Å². The Morgan fingerprint density at radius 1 is 1.11 bits per heavy atom. The van der Waals surface area contributed by atoms with E-state index in [0.717, 1.165) is 28.2 Å². The van der Waals surface area contributed by atoms with Crippen LogP contribution in [0.3, 0.4) is 0 Å². The Bertz CT molecular complexity index is 1120. The molecule has 1 atom stereocenters. The Hall–Kier alpha value is -2.75. The number of nitrogens with two attached hydrogens (primary N) is 1. The van der Waals surface area contributed by atoms with E-state index in [2.05, 4.69) is 5.32 Å². The zero-order valence-corrected chi connectivity index (χ0v) is 15.8. The highest BCUT2D eigenvalue weighted by Gasteiger charge is 2.21. The lowest BCUT2D eigenvalue weighted by atomic mass is 10.1. The minimum atomic E-state index is -3.89. The molecular weight excluding hydrogens is 388 g/mol. The van der Waals surface area contributed by atoms with E-state index >= 15 is 0 Å². The van der Waals surface area contributed by atoms with Gasteiger partial charge in [0.2, 0.25) is 10.0 Å². The molecule has 3 N–H and O–H groups in total. The van der Waals surface area contributed by atoms with Crippen LogP contribution in [0.1, 0.15) is 17.3 Å². The van der Waals surface area contributed by atoms with Crippen LogP contribution in [-0.4, -0.2) is 26.4 Å². The van der Waals surface area contributed by atoms with E-state index in [1.54, 1.807) is 6.07 Å². The monoisotopic (exact) mass is 404 g/mol. The molecule has 0 aliphatic carbocycles. The van der Waals surface area contributed by atoms with Crippen LogP contribution in [0.25, 0.3) is 10.8 Å². The lowest BCUT2D eigenvalue weighted by Crippen LogP contribution is -2.29. The number of esters is 1. The number of rotatable bonds is 5. The number of ether oxygens (including phenoxy) is 1. The number of fused-ring (bicyclic) bond motifs is 1. The summed E-state index contributed by atoms with van der Waals surface area (Å²) in [6.07, 6.45) is -1.07. The van der Waals surface area contributed by atoms with Crippen molar-refractivity contribution in [3.05, 3.63) is 59.5 Å². The van der Waals surface area contributed by atoms with Crippen molar-refractivity contribution in [3.63, 3.8) is 0 Å². The number of sulfonamides is 1. The molecule has 1 heterocycles. The van der Waals surface area contributed by atoms with E-state index in [0.29, 0.717) is 5.69 Å². The molecule has 0 aliphatic heterocycles. The van der Waals surface area contributed by atoms with Crippen molar-refractivity contribution in [1.29, 1.82) is 0 Å². The smallest absolute Gasteiger partial charge is 0.339 e. The van der Waals surface area contributed by atoms with Crippen molar-refractivity contribution >= 4 is 49.7 Å². The van der Waals surface area contributed by atoms with Gasteiger partial charge >= 0.3 is 5.97 Å². The summed E-state index contributed by atoms with van der Waals surface area (Å²) in [4.78, 5) is 24.4. The van der Waals surface area contributed by atoms with Gasteiger partial charge in [-0.1, -0.05) is 30.3 Å². The van der Waals surface area contributed by atoms with Crippen molar-refractivity contribution in [1.82, 2.24) is 0 Å². The van der Waals surface area contributed by atoms with Gasteiger partial charge in [-0.15, -0.1) is 11.3 Å². The van der Waals surface area contributed by atoms with Gasteiger partial charge in [-0.25, -0.2) is 18.4 Å². The number of amides is 1. The van der Waals surface area contributed by atoms with Gasteiger partial charge in [-0.2, -0.15) is 0 Å². The number of benzene rings is 2. The molecular formula is C18H16N2O5S2. The zero-order chi connectivity index (χ0) is 19.6. The molecule has 27 heavy (non-hydrogen) atoms. The maximum absolute atomic E-state index is 12.3. The molecule has 0 radical (unpaired) electrons. The highest BCUT2D eigenvalue weighted by atomic mass is 32.2. The Balaban J connectivity index is 1.66. The highest BCUT2D eigenvalue weighted by molar-refractivity contribution is 7.91. The first-order valence-electron chi connectivity index (χ1n) is 7.86. The number of hydrogen-bond donors (Lipinski definition) is 2. The first kappa shape index (κ1) is 19.0. The molecule has 0 aliphatic rings. The standard InChI is InChI=1S/C18H16N2O5S2/c1-11(25-18(22)14-9-16(26-10-14)27(19,23)24)17(21)20-15-7-6-12-4-2-3-5-13(12)8-15/h2-11H,1H3,(H,20,21)(H2,19,23,24). The third kappa shape index (κ3) is 4.51. The molecule has 2 aromatic carbocycles. The van der Waals surface area contributed by atoms with Gasteiger partial charge in [-0.05, 0) is 35.9 Å². The second-order valence-electron chi connectivity index (χ2n) is 5.80. The summed E-state index contributed by atoms with van der Waals surface area (Å²) >= 11 is 0.810. The molecule has 0 saturated carbocycles. The van der Waals surface area contributed by atoms with Crippen LogP contribution in [-0.2, 0) is 19.6 Å². The number of carbonyl (C=O) groups excluding carboxylic acids is 2. The highest BCUT2D eigenvalue weighted by Crippen LogP contribution is 2.21. The number of anilines is 1. The lowest BCUT2D eigenvalue weighted by molar-refractivity contribution is -0.123. The summed E-state index contributed by atoms with van der Waals surface area (Å²) in [7, 11) is -3.89. The van der Waals surface area contributed by atoms with E-state index in [1.165, 1.54) is 12.3 Å². The van der Waals surface area contributed by atoms with Gasteiger partial charge in [0.25, 0.3) is 5.91 Å². The van der Waals surface area contributed by atoms with Crippen LogP contribution in [0.5, 0.6) is 0 Å². The summed E-state index contributed by atoms with van der Waals surface area (Å²) in [6, 6.07) is 14.3. The van der Waals surface area contributed by atoms with Gasteiger partial charge in [0.05, 0.1) is 5.56 Å². The van der Waals surface area contributed by atoms with Crippen LogP contribution < -0.4 is 10.5 Å². The third-order valence-electron chi connectivity index (χ3n) is 3.76. The molecule has 1 unspecified atom stereocenters. The van der Waals surface area contributed by atoms with Gasteiger partial charge in [0.15, 0.2) is 6.10 Å². The lowest BCUT2D eigenvalue weighted by Gasteiger charge is -2.13. The summed E-state index contributed by atoms with van der Waals surface area (Å²) in [5, 5.41) is 11.0. The molecule has 3 rings (SSSR count). The summed E-state index contributed by atoms with van der Waals surface area (Å²) in [5.41, 5.74) is 0.600. The summed E-state index contributed by atoms with van der Waals surface area (Å²) < 4.78 is 27.5. The van der Waals surface area contributed by atoms with E-state index in [4.69, 9.17) is 9.88 Å². The fraction of sp³-hybridized carbons (Fsp3) is 0.111. The fourth-order valence-electron chi connectivity index (χ4n) is 2.37. The first-order valence-corrected chi connectivity index (χ1v) is 10.3. The predicted molar refractivity (Wildman–Crippen MR) is 103 cm³/mol. The second kappa shape index (κ2) is 7.47. The van der Waals surface area contributed by atoms with E-state index < -0.39 is 28.0 Å². The normalized spacial score (nSPS) is 12.5. The average molecular weight is 404 g/mol. The van der Waals surface area contributed by atoms with Crippen LogP contribution >= 0.6 is 11.3 Å². The van der Waals surface area contributed by atoms with Gasteiger partial charge < -0.3 is 10.1 Å². The molecule has 0 saturated heterocycles. The molecule has 7 nitrogen and oxygen atoms in total. The molecule has 0 fully saturated rings. The number of nitrogens with one attached hydrogen (secondary N) is 1. The molecule has 3 aromatic rings. The number of hydrogen-bond acceptors (Lipinski definition) is 6. The van der Waals surface area contributed by atoms with E-state index in [1.807, 2.05) is 36.4 Å². The molecule has 9 heteroatoms. The van der Waals surface area contributed by atoms with Crippen LogP contribution in [0.15, 0.2) is 58.1 Å². The molecule has 140 valence electrons. The van der Waals surface area contributed by atoms with Crippen LogP contribution in [0.2, 0.25) is 0 Å². The number of carbonyl (C=O) groups is 2. The Labute approximate surface area is 159 Å². The molecule has 1 aromatic heterocycles. The van der Waals surface area contributed by atoms with E-state index in [-0.39, 0.29) is 9.77 Å². The molecule has 0 bridgehead atoms. The average Bonchev–Trinajstić information content (AvgIpc) is 3.12. The fourth-order valence-corrected chi connectivity index (χ4v) is 3.94. The number of thiophene rings is 1. The Kier molecular flexibility index (Phi) is 5.26. The van der Waals surface area contributed by atoms with E-state index in [9.17, 15) is 18.0 Å². The second-order valence-corrected chi connectivity index (χ2v) is 8.50. The van der Waals surface area contributed by atoms with Gasteiger partial charge in [-0.3, -0.25) is 4.79 Å². The first-order chi connectivity index (χ1) is 12.7. The number of primary sulfonamides is 1. The quantitative estimate of drug-likeness (QED) is 0.635. The minimum Gasteiger partial charge on any atom is -0.449 e. The van der Waals surface area contributed by atoms with Crippen molar-refractivity contribution < 1.29 is 22.7 Å². The Morgan fingerprint density at radius 3 is 2.48 bits per heavy atom. The van der Waals surface area contributed by atoms with Crippen molar-refractivity contribution in [2.45, 2.75) is 17.2 Å². The van der Waals surface area contributed by atoms with Crippen molar-refractivity contribution in [2.75, 3.05) is 5.32 Å². The van der Waals surface area contributed by atoms with Crippen molar-refractivity contribution in [2.24, 2.45) is 5.14 Å². The largest absolute Gasteiger partial charge is 0.449 e. The summed E-state index contributed by atoms with van der Waals surface area (Å²) in [5.74, 6) is -1.30. The SMILES string of the molecule is CC(OC(=O)c1csc(S(N)(=O)=O)c1)C(=O)Nc1ccc2ccccc2c1. The maximum atomic E-state index is 12.3. The van der Waals surface area contributed by atoms with Crippen LogP contribution in [0.4, 0.5) is 5.69 Å². The minimum absolute atomic E-state index is 0.0226. The summed E-state index contributed by atoms with van der Waals surface area (Å²) in [6.45, 7) is 1.43. The molecule has 1 amide bonds. The predicted octanol–water partition coefficient (Wildman–Crippen LogP) is 2.73. The third-order valence-corrected chi connectivity index (χ3v) is 6.15. The maximum Gasteiger partial charge on any atom is 0.339 e. The van der Waals surface area contributed by atoms with Gasteiger partial charge in [0.1, 0.15) is 4.21 Å². The topological polar surface area (TPSA) is 116 Å². The molecule has 0 spiro atoms. The van der Waals surface area contributed by atoms with Gasteiger partial charge in [0, 0.05) is 11.1 Å². The van der Waals surface area contributed by atoms with Crippen LogP contribution in [0, 0.1) is 0 Å². The Morgan fingerprint density at radius 2 is 1.81 bits per heavy atom.